The number of hydrogen-bond donors (Lipinski definition) is 1. The van der Waals surface area contributed by atoms with Crippen LogP contribution in [0.4, 0.5) is 0 Å². The van der Waals surface area contributed by atoms with Gasteiger partial charge in [-0.25, -0.2) is 0 Å². The minimum Gasteiger partial charge on any atom is -0.492 e. The van der Waals surface area contributed by atoms with Crippen LogP contribution in [0.3, 0.4) is 0 Å². The zero-order valence-corrected chi connectivity index (χ0v) is 12.2. The molecule has 0 spiro atoms. The van der Waals surface area contributed by atoms with Gasteiger partial charge in [0.25, 0.3) is 0 Å². The average Bonchev–Trinajstić information content (AvgIpc) is 3.02. The smallest absolute Gasteiger partial charge is 0.137 e. The van der Waals surface area contributed by atoms with E-state index < -0.39 is 0 Å². The lowest BCUT2D eigenvalue weighted by Gasteiger charge is -2.10. The maximum Gasteiger partial charge on any atom is 0.137 e. The fourth-order valence-corrected chi connectivity index (χ4v) is 3.27. The molecule has 2 aromatic carbocycles. The van der Waals surface area contributed by atoms with Gasteiger partial charge in [-0.15, -0.1) is 0 Å². The van der Waals surface area contributed by atoms with Gasteiger partial charge in [-0.3, -0.25) is 10.1 Å². The second-order valence-corrected chi connectivity index (χ2v) is 5.77. The van der Waals surface area contributed by atoms with Crippen molar-refractivity contribution in [3.05, 3.63) is 54.2 Å². The first-order valence-corrected chi connectivity index (χ1v) is 7.75. The van der Waals surface area contributed by atoms with E-state index in [1.54, 1.807) is 0 Å². The molecule has 2 heterocycles. The van der Waals surface area contributed by atoms with Crippen molar-refractivity contribution in [2.45, 2.75) is 11.3 Å². The van der Waals surface area contributed by atoms with Gasteiger partial charge in [0.05, 0.1) is 17.0 Å². The molecule has 3 nitrogen and oxygen atoms in total. The van der Waals surface area contributed by atoms with Gasteiger partial charge in [0, 0.05) is 18.0 Å². The van der Waals surface area contributed by atoms with Crippen LogP contribution in [-0.2, 0) is 6.42 Å². The normalized spacial score (nSPS) is 13.2. The molecule has 0 atom stereocenters. The molecule has 0 radical (unpaired) electrons. The van der Waals surface area contributed by atoms with E-state index in [0.29, 0.717) is 0 Å². The van der Waals surface area contributed by atoms with Gasteiger partial charge in [-0.05, 0) is 59.0 Å². The first-order chi connectivity index (χ1) is 10.3. The number of rotatable bonds is 2. The number of ether oxygens (including phenoxy) is 1. The zero-order chi connectivity index (χ0) is 14.2. The maximum atomic E-state index is 5.79. The third kappa shape index (κ3) is 2.17. The lowest BCUT2D eigenvalue weighted by atomic mass is 10.0. The Bertz CT molecular complexity index is 832. The minimum atomic E-state index is 0.744. The Labute approximate surface area is 127 Å². The van der Waals surface area contributed by atoms with Gasteiger partial charge in [0.1, 0.15) is 5.75 Å². The quantitative estimate of drug-likeness (QED) is 0.730. The molecule has 1 aliphatic rings. The van der Waals surface area contributed by atoms with Crippen molar-refractivity contribution in [3.8, 4) is 16.9 Å². The first kappa shape index (κ1) is 12.7. The number of hydrogen-bond acceptors (Lipinski definition) is 4. The van der Waals surface area contributed by atoms with Crippen LogP contribution in [-0.4, -0.2) is 11.6 Å². The van der Waals surface area contributed by atoms with E-state index >= 15 is 0 Å². The number of nitrogens with two attached hydrogens (primary N) is 1. The summed E-state index contributed by atoms with van der Waals surface area (Å²) in [5, 5.41) is 6.93. The van der Waals surface area contributed by atoms with E-state index in [9.17, 15) is 0 Å². The highest BCUT2D eigenvalue weighted by atomic mass is 32.2. The largest absolute Gasteiger partial charge is 0.492 e. The summed E-state index contributed by atoms with van der Waals surface area (Å²) in [4.78, 5) is 5.37. The standard InChI is InChI=1S/C17H14N2OS/c18-21-16-10-14(9-13-5-7-20-17(13)16)11-3-4-15-12(8-11)2-1-6-19-15/h1-4,6,8-10H,5,7,18H2. The monoisotopic (exact) mass is 294 g/mol. The molecule has 0 aliphatic carbocycles. The Hall–Kier alpha value is -2.04. The summed E-state index contributed by atoms with van der Waals surface area (Å²) in [5.74, 6) is 0.953. The van der Waals surface area contributed by atoms with Crippen molar-refractivity contribution < 1.29 is 4.74 Å². The lowest BCUT2D eigenvalue weighted by Crippen LogP contribution is -1.90. The zero-order valence-electron chi connectivity index (χ0n) is 11.4. The Morgan fingerprint density at radius 1 is 1.10 bits per heavy atom. The topological polar surface area (TPSA) is 48.1 Å². The fourth-order valence-electron chi connectivity index (χ4n) is 2.78. The fraction of sp³-hybridized carbons (Fsp3) is 0.118. The van der Waals surface area contributed by atoms with Crippen LogP contribution >= 0.6 is 11.9 Å². The number of nitrogens with zero attached hydrogens (tertiary/aromatic N) is 1. The molecule has 104 valence electrons. The number of fused-ring (bicyclic) bond motifs is 2. The molecule has 1 aromatic heterocycles. The molecule has 2 N–H and O–H groups in total. The number of pyridine rings is 1. The Kier molecular flexibility index (Phi) is 3.05. The van der Waals surface area contributed by atoms with E-state index in [1.807, 2.05) is 12.3 Å². The Morgan fingerprint density at radius 3 is 2.95 bits per heavy atom. The highest BCUT2D eigenvalue weighted by molar-refractivity contribution is 7.97. The van der Waals surface area contributed by atoms with Crippen LogP contribution in [0.15, 0.2) is 53.6 Å². The molecule has 0 fully saturated rings. The van der Waals surface area contributed by atoms with Crippen LogP contribution in [0.5, 0.6) is 5.75 Å². The van der Waals surface area contributed by atoms with Crippen molar-refractivity contribution >= 4 is 22.9 Å². The predicted octanol–water partition coefficient (Wildman–Crippen LogP) is 3.80. The Morgan fingerprint density at radius 2 is 2.05 bits per heavy atom. The second-order valence-electron chi connectivity index (χ2n) is 5.09. The molecule has 0 saturated heterocycles. The minimum absolute atomic E-state index is 0.744. The first-order valence-electron chi connectivity index (χ1n) is 6.87. The molecule has 1 aliphatic heterocycles. The highest BCUT2D eigenvalue weighted by Gasteiger charge is 2.18. The van der Waals surface area contributed by atoms with Gasteiger partial charge in [0.15, 0.2) is 0 Å². The van der Waals surface area contributed by atoms with E-state index in [0.717, 1.165) is 34.6 Å². The van der Waals surface area contributed by atoms with Gasteiger partial charge >= 0.3 is 0 Å². The third-order valence-electron chi connectivity index (χ3n) is 3.81. The highest BCUT2D eigenvalue weighted by Crippen LogP contribution is 2.38. The van der Waals surface area contributed by atoms with Crippen molar-refractivity contribution in [2.75, 3.05) is 6.61 Å². The van der Waals surface area contributed by atoms with Crippen LogP contribution in [0.1, 0.15) is 5.56 Å². The molecular formula is C17H14N2OS. The van der Waals surface area contributed by atoms with E-state index in [-0.39, 0.29) is 0 Å². The SMILES string of the molecule is NSc1cc(-c2ccc3ncccc3c2)cc2c1OCC2. The molecule has 3 aromatic rings. The molecule has 4 heteroatoms. The lowest BCUT2D eigenvalue weighted by molar-refractivity contribution is 0.350. The summed E-state index contributed by atoms with van der Waals surface area (Å²) in [7, 11) is 0. The maximum absolute atomic E-state index is 5.79. The van der Waals surface area contributed by atoms with Crippen LogP contribution in [0.2, 0.25) is 0 Å². The van der Waals surface area contributed by atoms with Gasteiger partial charge < -0.3 is 4.74 Å². The predicted molar refractivity (Wildman–Crippen MR) is 86.4 cm³/mol. The van der Waals surface area contributed by atoms with Crippen molar-refractivity contribution in [1.82, 2.24) is 4.98 Å². The molecule has 0 saturated carbocycles. The van der Waals surface area contributed by atoms with Crippen molar-refractivity contribution in [3.63, 3.8) is 0 Å². The van der Waals surface area contributed by atoms with Crippen LogP contribution in [0, 0.1) is 0 Å². The molecular weight excluding hydrogens is 280 g/mol. The van der Waals surface area contributed by atoms with Crippen LogP contribution < -0.4 is 9.88 Å². The van der Waals surface area contributed by atoms with Gasteiger partial charge in [0.2, 0.25) is 0 Å². The van der Waals surface area contributed by atoms with Gasteiger partial charge in [-0.1, -0.05) is 12.1 Å². The third-order valence-corrected chi connectivity index (χ3v) is 4.37. The van der Waals surface area contributed by atoms with Crippen molar-refractivity contribution in [2.24, 2.45) is 5.14 Å². The van der Waals surface area contributed by atoms with E-state index in [1.165, 1.54) is 28.6 Å². The molecule has 0 amide bonds. The summed E-state index contributed by atoms with van der Waals surface area (Å²) in [6, 6.07) is 14.7. The summed E-state index contributed by atoms with van der Waals surface area (Å²) < 4.78 is 5.67. The summed E-state index contributed by atoms with van der Waals surface area (Å²) >= 11 is 1.25. The molecule has 4 rings (SSSR count). The van der Waals surface area contributed by atoms with Crippen LogP contribution in [0.25, 0.3) is 22.0 Å². The molecule has 0 bridgehead atoms. The van der Waals surface area contributed by atoms with Crippen molar-refractivity contribution in [1.29, 1.82) is 0 Å². The summed E-state index contributed by atoms with van der Waals surface area (Å²) in [5.41, 5.74) is 4.62. The second kappa shape index (κ2) is 5.06. The Balaban J connectivity index is 1.88. The summed E-state index contributed by atoms with van der Waals surface area (Å²) in [6.45, 7) is 0.744. The van der Waals surface area contributed by atoms with E-state index in [2.05, 4.69) is 41.4 Å². The molecule has 21 heavy (non-hydrogen) atoms. The summed E-state index contributed by atoms with van der Waals surface area (Å²) in [6.07, 6.45) is 2.77. The molecule has 0 unspecified atom stereocenters. The number of benzene rings is 2. The number of aromatic nitrogens is 1. The van der Waals surface area contributed by atoms with E-state index in [4.69, 9.17) is 9.88 Å². The van der Waals surface area contributed by atoms with Gasteiger partial charge in [-0.2, -0.15) is 0 Å². The average molecular weight is 294 g/mol.